The fourth-order valence-corrected chi connectivity index (χ4v) is 2.41. The Labute approximate surface area is 124 Å². The molecule has 0 aliphatic rings. The number of hydrogen-bond donors (Lipinski definition) is 0. The van der Waals surface area contributed by atoms with E-state index in [0.717, 1.165) is 30.8 Å². The molecule has 2 aromatic rings. The molecule has 0 spiro atoms. The standard InChI is InChI=1S/C15H21N3OS/c1-5-18(4)7-6-13-8-12(3)14(9-11(13)2)19-15-16-10-17-20-15/h8-10H,5-7H2,1-4H3. The highest BCUT2D eigenvalue weighted by atomic mass is 32.1. The van der Waals surface area contributed by atoms with Crippen LogP contribution in [-0.2, 0) is 6.42 Å². The van der Waals surface area contributed by atoms with Gasteiger partial charge in [-0.15, -0.1) is 0 Å². The molecular formula is C15H21N3OS. The van der Waals surface area contributed by atoms with E-state index in [0.29, 0.717) is 5.19 Å². The Kier molecular flexibility index (Phi) is 5.09. The van der Waals surface area contributed by atoms with Crippen molar-refractivity contribution in [1.29, 1.82) is 0 Å². The molecule has 0 saturated heterocycles. The Morgan fingerprint density at radius 1 is 1.25 bits per heavy atom. The largest absolute Gasteiger partial charge is 0.430 e. The minimum atomic E-state index is 0.589. The van der Waals surface area contributed by atoms with E-state index in [2.05, 4.69) is 54.2 Å². The van der Waals surface area contributed by atoms with Crippen molar-refractivity contribution in [3.8, 4) is 10.9 Å². The number of nitrogens with zero attached hydrogens (tertiary/aromatic N) is 3. The molecule has 1 heterocycles. The zero-order valence-corrected chi connectivity index (χ0v) is 13.3. The van der Waals surface area contributed by atoms with Gasteiger partial charge in [-0.3, -0.25) is 0 Å². The highest BCUT2D eigenvalue weighted by Crippen LogP contribution is 2.28. The van der Waals surface area contributed by atoms with Crippen molar-refractivity contribution in [2.75, 3.05) is 20.1 Å². The van der Waals surface area contributed by atoms with Crippen molar-refractivity contribution >= 4 is 11.5 Å². The van der Waals surface area contributed by atoms with E-state index >= 15 is 0 Å². The molecule has 0 atom stereocenters. The van der Waals surface area contributed by atoms with E-state index in [4.69, 9.17) is 4.74 Å². The van der Waals surface area contributed by atoms with Crippen LogP contribution in [0.4, 0.5) is 0 Å². The Bertz CT molecular complexity index is 554. The van der Waals surface area contributed by atoms with Crippen LogP contribution in [0.2, 0.25) is 0 Å². The SMILES string of the molecule is CCN(C)CCc1cc(C)c(Oc2ncns2)cc1C. The van der Waals surface area contributed by atoms with Crippen molar-refractivity contribution in [2.45, 2.75) is 27.2 Å². The zero-order valence-electron chi connectivity index (χ0n) is 12.5. The second-order valence-corrected chi connectivity index (χ2v) is 5.74. The van der Waals surface area contributed by atoms with Crippen molar-refractivity contribution < 1.29 is 4.74 Å². The maximum absolute atomic E-state index is 5.77. The molecule has 0 N–H and O–H groups in total. The van der Waals surface area contributed by atoms with Crippen LogP contribution in [-0.4, -0.2) is 34.4 Å². The highest BCUT2D eigenvalue weighted by Gasteiger charge is 2.09. The summed E-state index contributed by atoms with van der Waals surface area (Å²) < 4.78 is 9.71. The van der Waals surface area contributed by atoms with E-state index < -0.39 is 0 Å². The molecule has 0 bridgehead atoms. The third kappa shape index (κ3) is 3.77. The van der Waals surface area contributed by atoms with Gasteiger partial charge in [0.1, 0.15) is 12.1 Å². The van der Waals surface area contributed by atoms with Crippen LogP contribution in [0, 0.1) is 13.8 Å². The van der Waals surface area contributed by atoms with Crippen LogP contribution >= 0.6 is 11.5 Å². The van der Waals surface area contributed by atoms with Gasteiger partial charge in [0.05, 0.1) is 0 Å². The summed E-state index contributed by atoms with van der Waals surface area (Å²) >= 11 is 1.26. The summed E-state index contributed by atoms with van der Waals surface area (Å²) in [6.07, 6.45) is 2.58. The molecule has 20 heavy (non-hydrogen) atoms. The lowest BCUT2D eigenvalue weighted by molar-refractivity contribution is 0.357. The van der Waals surface area contributed by atoms with Crippen molar-refractivity contribution in [3.05, 3.63) is 35.2 Å². The first kappa shape index (κ1) is 14.9. The third-order valence-electron chi connectivity index (χ3n) is 3.47. The molecule has 1 aromatic heterocycles. The van der Waals surface area contributed by atoms with E-state index in [1.165, 1.54) is 29.0 Å². The first-order valence-corrected chi connectivity index (χ1v) is 7.60. The van der Waals surface area contributed by atoms with Gasteiger partial charge in [0.15, 0.2) is 0 Å². The van der Waals surface area contributed by atoms with Crippen molar-refractivity contribution in [2.24, 2.45) is 0 Å². The maximum atomic E-state index is 5.77. The molecule has 5 heteroatoms. The molecule has 0 saturated carbocycles. The zero-order chi connectivity index (χ0) is 14.5. The summed E-state index contributed by atoms with van der Waals surface area (Å²) in [4.78, 5) is 6.37. The highest BCUT2D eigenvalue weighted by molar-refractivity contribution is 7.07. The van der Waals surface area contributed by atoms with Gasteiger partial charge in [-0.2, -0.15) is 9.36 Å². The topological polar surface area (TPSA) is 38.2 Å². The lowest BCUT2D eigenvalue weighted by atomic mass is 10.0. The maximum Gasteiger partial charge on any atom is 0.298 e. The van der Waals surface area contributed by atoms with Crippen molar-refractivity contribution in [1.82, 2.24) is 14.3 Å². The normalized spacial score (nSPS) is 11.1. The summed E-state index contributed by atoms with van der Waals surface area (Å²) in [5.74, 6) is 0.867. The van der Waals surface area contributed by atoms with Gasteiger partial charge < -0.3 is 9.64 Å². The predicted molar refractivity (Wildman–Crippen MR) is 82.8 cm³/mol. The number of aryl methyl sites for hydroxylation is 2. The number of hydrogen-bond acceptors (Lipinski definition) is 5. The molecule has 0 fully saturated rings. The summed E-state index contributed by atoms with van der Waals surface area (Å²) in [7, 11) is 2.15. The molecule has 1 aromatic carbocycles. The lowest BCUT2D eigenvalue weighted by Crippen LogP contribution is -2.20. The van der Waals surface area contributed by atoms with Gasteiger partial charge >= 0.3 is 0 Å². The van der Waals surface area contributed by atoms with E-state index in [-0.39, 0.29) is 0 Å². The minimum absolute atomic E-state index is 0.589. The first-order valence-electron chi connectivity index (χ1n) is 6.83. The second kappa shape index (κ2) is 6.81. The van der Waals surface area contributed by atoms with E-state index in [1.54, 1.807) is 0 Å². The Morgan fingerprint density at radius 2 is 2.05 bits per heavy atom. The molecule has 0 amide bonds. The number of likely N-dealkylation sites (N-methyl/N-ethyl adjacent to an activating group) is 1. The minimum Gasteiger partial charge on any atom is -0.430 e. The quantitative estimate of drug-likeness (QED) is 0.817. The van der Waals surface area contributed by atoms with Crippen LogP contribution < -0.4 is 4.74 Å². The lowest BCUT2D eigenvalue weighted by Gasteiger charge is -2.16. The third-order valence-corrected chi connectivity index (χ3v) is 4.02. The molecule has 0 radical (unpaired) electrons. The van der Waals surface area contributed by atoms with Gasteiger partial charge in [-0.25, -0.2) is 0 Å². The number of benzene rings is 1. The monoisotopic (exact) mass is 291 g/mol. The fourth-order valence-electron chi connectivity index (χ4n) is 2.00. The Balaban J connectivity index is 2.11. The van der Waals surface area contributed by atoms with Crippen molar-refractivity contribution in [3.63, 3.8) is 0 Å². The smallest absolute Gasteiger partial charge is 0.298 e. The molecule has 0 aliphatic heterocycles. The molecule has 108 valence electrons. The molecular weight excluding hydrogens is 270 g/mol. The molecule has 4 nitrogen and oxygen atoms in total. The van der Waals surface area contributed by atoms with Crippen LogP contribution in [0.1, 0.15) is 23.6 Å². The van der Waals surface area contributed by atoms with Crippen LogP contribution in [0.15, 0.2) is 18.5 Å². The van der Waals surface area contributed by atoms with Crippen LogP contribution in [0.3, 0.4) is 0 Å². The second-order valence-electron chi connectivity index (χ2n) is 5.00. The molecule has 0 aliphatic carbocycles. The van der Waals surface area contributed by atoms with Crippen LogP contribution in [0.5, 0.6) is 10.9 Å². The average molecular weight is 291 g/mol. The van der Waals surface area contributed by atoms with Crippen LogP contribution in [0.25, 0.3) is 0 Å². The van der Waals surface area contributed by atoms with Gasteiger partial charge in [-0.1, -0.05) is 13.0 Å². The van der Waals surface area contributed by atoms with Gasteiger partial charge in [-0.05, 0) is 56.6 Å². The fraction of sp³-hybridized carbons (Fsp3) is 0.467. The number of aromatic nitrogens is 2. The molecule has 2 rings (SSSR count). The predicted octanol–water partition coefficient (Wildman–Crippen LogP) is 3.44. The first-order chi connectivity index (χ1) is 9.60. The number of rotatable bonds is 6. The summed E-state index contributed by atoms with van der Waals surface area (Å²) in [6.45, 7) is 8.54. The molecule has 0 unspecified atom stereocenters. The van der Waals surface area contributed by atoms with Gasteiger partial charge in [0.2, 0.25) is 0 Å². The number of ether oxygens (including phenoxy) is 1. The average Bonchev–Trinajstić information content (AvgIpc) is 2.93. The van der Waals surface area contributed by atoms with E-state index in [9.17, 15) is 0 Å². The summed E-state index contributed by atoms with van der Waals surface area (Å²) in [5, 5.41) is 0.589. The van der Waals surface area contributed by atoms with Gasteiger partial charge in [0, 0.05) is 18.1 Å². The van der Waals surface area contributed by atoms with E-state index in [1.807, 2.05) is 0 Å². The van der Waals surface area contributed by atoms with Gasteiger partial charge in [0.25, 0.3) is 5.19 Å². The summed E-state index contributed by atoms with van der Waals surface area (Å²) in [5.41, 5.74) is 3.78. The Morgan fingerprint density at radius 3 is 2.70 bits per heavy atom. The summed E-state index contributed by atoms with van der Waals surface area (Å²) in [6, 6.07) is 4.31. The Hall–Kier alpha value is -1.46.